The van der Waals surface area contributed by atoms with E-state index in [4.69, 9.17) is 15.6 Å². The van der Waals surface area contributed by atoms with Crippen molar-refractivity contribution < 1.29 is 24.7 Å². The standard InChI is InChI=1S/C9H14N4O6/c10-7-5(13(17)18)2-12(9(16)11-7)8-6(15)1-4(3-14)19-8/h2,4,6-8,14-15H,1,3,10H2,(H,11,16)/t4-,6?,7?,8+/m0/s1. The lowest BCUT2D eigenvalue weighted by molar-refractivity contribution is -0.432. The van der Waals surface area contributed by atoms with E-state index in [0.29, 0.717) is 0 Å². The molecule has 10 heteroatoms. The fraction of sp³-hybridized carbons (Fsp3) is 0.667. The van der Waals surface area contributed by atoms with Crippen LogP contribution in [0.3, 0.4) is 0 Å². The molecule has 19 heavy (non-hydrogen) atoms. The van der Waals surface area contributed by atoms with E-state index in [9.17, 15) is 20.0 Å². The number of urea groups is 1. The summed E-state index contributed by atoms with van der Waals surface area (Å²) in [5, 5.41) is 31.7. The molecule has 2 aliphatic heterocycles. The summed E-state index contributed by atoms with van der Waals surface area (Å²) in [6, 6.07) is -0.708. The number of nitrogens with zero attached hydrogens (tertiary/aromatic N) is 2. The van der Waals surface area contributed by atoms with Gasteiger partial charge in [0.1, 0.15) is 6.10 Å². The number of aliphatic hydroxyl groups is 2. The molecule has 106 valence electrons. The SMILES string of the molecule is NC1NC(=O)N([C@@H]2O[C@H](CO)CC2O)C=C1[N+](=O)[O-]. The van der Waals surface area contributed by atoms with E-state index in [1.54, 1.807) is 0 Å². The second-order valence-corrected chi connectivity index (χ2v) is 4.28. The van der Waals surface area contributed by atoms with Crippen LogP contribution in [0.5, 0.6) is 0 Å². The van der Waals surface area contributed by atoms with Crippen molar-refractivity contribution in [2.24, 2.45) is 5.73 Å². The summed E-state index contributed by atoms with van der Waals surface area (Å²) in [5.41, 5.74) is 4.99. The van der Waals surface area contributed by atoms with Crippen LogP contribution < -0.4 is 11.1 Å². The van der Waals surface area contributed by atoms with Gasteiger partial charge in [0.25, 0.3) is 5.70 Å². The molecule has 0 aromatic heterocycles. The maximum absolute atomic E-state index is 11.7. The molecule has 4 atom stereocenters. The lowest BCUT2D eigenvalue weighted by Crippen LogP contribution is -2.57. The zero-order valence-electron chi connectivity index (χ0n) is 9.80. The summed E-state index contributed by atoms with van der Waals surface area (Å²) in [6.07, 6.45) is -2.88. The zero-order valence-corrected chi connectivity index (χ0v) is 9.80. The maximum Gasteiger partial charge on any atom is 0.325 e. The summed E-state index contributed by atoms with van der Waals surface area (Å²) >= 11 is 0. The zero-order chi connectivity index (χ0) is 14.2. The second kappa shape index (κ2) is 5.09. The predicted molar refractivity (Wildman–Crippen MR) is 59.8 cm³/mol. The summed E-state index contributed by atoms with van der Waals surface area (Å²) in [6.45, 7) is -0.311. The highest BCUT2D eigenvalue weighted by molar-refractivity contribution is 5.77. The van der Waals surface area contributed by atoms with Crippen LogP contribution in [0, 0.1) is 10.1 Å². The van der Waals surface area contributed by atoms with Gasteiger partial charge in [-0.2, -0.15) is 0 Å². The fourth-order valence-corrected chi connectivity index (χ4v) is 2.01. The first kappa shape index (κ1) is 13.7. The molecular weight excluding hydrogens is 260 g/mol. The molecule has 2 unspecified atom stereocenters. The average Bonchev–Trinajstić information content (AvgIpc) is 2.70. The van der Waals surface area contributed by atoms with E-state index < -0.39 is 41.3 Å². The molecule has 10 nitrogen and oxygen atoms in total. The Morgan fingerprint density at radius 3 is 2.89 bits per heavy atom. The molecule has 2 heterocycles. The van der Waals surface area contributed by atoms with Crippen molar-refractivity contribution in [1.29, 1.82) is 0 Å². The molecule has 0 aromatic rings. The van der Waals surface area contributed by atoms with Crippen LogP contribution in [0.2, 0.25) is 0 Å². The minimum Gasteiger partial charge on any atom is -0.394 e. The van der Waals surface area contributed by atoms with Gasteiger partial charge in [0.15, 0.2) is 12.4 Å². The molecule has 0 aliphatic carbocycles. The third-order valence-electron chi connectivity index (χ3n) is 2.96. The van der Waals surface area contributed by atoms with E-state index in [1.807, 2.05) is 0 Å². The molecule has 2 aliphatic rings. The van der Waals surface area contributed by atoms with Gasteiger partial charge in [-0.05, 0) is 0 Å². The summed E-state index contributed by atoms with van der Waals surface area (Å²) < 4.78 is 5.25. The van der Waals surface area contributed by atoms with Crippen molar-refractivity contribution in [3.63, 3.8) is 0 Å². The Balaban J connectivity index is 2.23. The van der Waals surface area contributed by atoms with E-state index in [1.165, 1.54) is 0 Å². The Labute approximate surface area is 107 Å². The molecule has 1 fully saturated rings. The summed E-state index contributed by atoms with van der Waals surface area (Å²) in [4.78, 5) is 22.6. The number of carbonyl (C=O) groups is 1. The minimum atomic E-state index is -1.22. The normalized spacial score (nSPS) is 35.0. The van der Waals surface area contributed by atoms with Crippen LogP contribution in [0.4, 0.5) is 4.79 Å². The molecule has 0 saturated carbocycles. The average molecular weight is 274 g/mol. The number of nitro groups is 1. The van der Waals surface area contributed by atoms with Gasteiger partial charge < -0.3 is 26.0 Å². The van der Waals surface area contributed by atoms with Gasteiger partial charge in [-0.25, -0.2) is 4.79 Å². The highest BCUT2D eigenvalue weighted by atomic mass is 16.6. The number of amides is 2. The Kier molecular flexibility index (Phi) is 3.66. The van der Waals surface area contributed by atoms with Crippen molar-refractivity contribution >= 4 is 6.03 Å². The second-order valence-electron chi connectivity index (χ2n) is 4.28. The van der Waals surface area contributed by atoms with Crippen molar-refractivity contribution in [1.82, 2.24) is 10.2 Å². The number of nitrogens with one attached hydrogen (secondary N) is 1. The Morgan fingerprint density at radius 1 is 1.68 bits per heavy atom. The molecule has 2 rings (SSSR count). The third-order valence-corrected chi connectivity index (χ3v) is 2.96. The fourth-order valence-electron chi connectivity index (χ4n) is 2.01. The first-order valence-corrected chi connectivity index (χ1v) is 5.59. The third kappa shape index (κ3) is 2.51. The molecule has 0 aromatic carbocycles. The van der Waals surface area contributed by atoms with Gasteiger partial charge in [0.2, 0.25) is 0 Å². The molecule has 0 bridgehead atoms. The van der Waals surface area contributed by atoms with Crippen molar-refractivity contribution in [2.45, 2.75) is 31.0 Å². The van der Waals surface area contributed by atoms with Gasteiger partial charge in [0.05, 0.1) is 23.8 Å². The van der Waals surface area contributed by atoms with Crippen LogP contribution >= 0.6 is 0 Å². The topological polar surface area (TPSA) is 151 Å². The number of hydrogen-bond acceptors (Lipinski definition) is 7. The first-order chi connectivity index (χ1) is 8.93. The molecular formula is C9H14N4O6. The Morgan fingerprint density at radius 2 is 2.37 bits per heavy atom. The summed E-state index contributed by atoms with van der Waals surface area (Å²) in [7, 11) is 0. The number of rotatable bonds is 3. The number of ether oxygens (including phenoxy) is 1. The van der Waals surface area contributed by atoms with Gasteiger partial charge in [-0.3, -0.25) is 15.0 Å². The Hall–Kier alpha value is -1.75. The highest BCUT2D eigenvalue weighted by Gasteiger charge is 2.43. The monoisotopic (exact) mass is 274 g/mol. The lowest BCUT2D eigenvalue weighted by Gasteiger charge is -2.31. The number of hydrogen-bond donors (Lipinski definition) is 4. The number of carbonyl (C=O) groups excluding carboxylic acids is 1. The molecule has 1 saturated heterocycles. The first-order valence-electron chi connectivity index (χ1n) is 5.59. The van der Waals surface area contributed by atoms with Crippen LogP contribution in [-0.2, 0) is 4.74 Å². The smallest absolute Gasteiger partial charge is 0.325 e. The maximum atomic E-state index is 11.7. The highest BCUT2D eigenvalue weighted by Crippen LogP contribution is 2.25. The van der Waals surface area contributed by atoms with Crippen molar-refractivity contribution in [3.8, 4) is 0 Å². The van der Waals surface area contributed by atoms with Gasteiger partial charge in [0, 0.05) is 6.42 Å². The molecule has 0 spiro atoms. The number of aliphatic hydroxyl groups excluding tert-OH is 2. The van der Waals surface area contributed by atoms with Crippen LogP contribution in [0.1, 0.15) is 6.42 Å². The molecule has 0 radical (unpaired) electrons. The van der Waals surface area contributed by atoms with E-state index >= 15 is 0 Å². The van der Waals surface area contributed by atoms with Crippen LogP contribution in [0.15, 0.2) is 11.9 Å². The summed E-state index contributed by atoms with van der Waals surface area (Å²) in [5.74, 6) is 0. The molecule has 2 amide bonds. The quantitative estimate of drug-likeness (QED) is 0.339. The van der Waals surface area contributed by atoms with Gasteiger partial charge >= 0.3 is 6.03 Å². The van der Waals surface area contributed by atoms with Crippen molar-refractivity contribution in [2.75, 3.05) is 6.61 Å². The lowest BCUT2D eigenvalue weighted by atomic mass is 10.2. The van der Waals surface area contributed by atoms with Gasteiger partial charge in [-0.15, -0.1) is 0 Å². The molecule has 5 N–H and O–H groups in total. The number of nitrogens with two attached hydrogens (primary N) is 1. The van der Waals surface area contributed by atoms with Crippen LogP contribution in [-0.4, -0.2) is 57.3 Å². The Bertz CT molecular complexity index is 427. The van der Waals surface area contributed by atoms with E-state index in [0.717, 1.165) is 11.1 Å². The predicted octanol–water partition coefficient (Wildman–Crippen LogP) is -2.12. The largest absolute Gasteiger partial charge is 0.394 e. The van der Waals surface area contributed by atoms with Crippen LogP contribution in [0.25, 0.3) is 0 Å². The van der Waals surface area contributed by atoms with E-state index in [2.05, 4.69) is 5.32 Å². The van der Waals surface area contributed by atoms with E-state index in [-0.39, 0.29) is 13.0 Å². The van der Waals surface area contributed by atoms with Gasteiger partial charge in [-0.1, -0.05) is 0 Å². The minimum absolute atomic E-state index is 0.138. The van der Waals surface area contributed by atoms with Crippen molar-refractivity contribution in [3.05, 3.63) is 22.0 Å².